The van der Waals surface area contributed by atoms with Crippen molar-refractivity contribution in [1.29, 1.82) is 0 Å². The Bertz CT molecular complexity index is 317. The van der Waals surface area contributed by atoms with Crippen molar-refractivity contribution in [1.82, 2.24) is 9.97 Å². The predicted octanol–water partition coefficient (Wildman–Crippen LogP) is 0.925. The Balaban J connectivity index is 2.02. The van der Waals surface area contributed by atoms with Gasteiger partial charge in [-0.15, -0.1) is 0 Å². The van der Waals surface area contributed by atoms with E-state index in [2.05, 4.69) is 9.97 Å². The van der Waals surface area contributed by atoms with Gasteiger partial charge in [0.1, 0.15) is 6.10 Å². The van der Waals surface area contributed by atoms with Crippen LogP contribution in [-0.2, 0) is 4.74 Å². The molecule has 0 atom stereocenters. The minimum atomic E-state index is 0.187. The minimum absolute atomic E-state index is 0.187. The number of aryl methyl sites for hydroxylation is 1. The summed E-state index contributed by atoms with van der Waals surface area (Å²) in [5.74, 6) is 0.823. The van der Waals surface area contributed by atoms with Crippen molar-refractivity contribution in [3.8, 4) is 5.88 Å². The smallest absolute Gasteiger partial charge is 0.223 e. The monoisotopic (exact) mass is 209 g/mol. The number of ether oxygens (including phenoxy) is 2. The highest BCUT2D eigenvalue weighted by Gasteiger charge is 2.16. The molecule has 2 N–H and O–H groups in total. The Morgan fingerprint density at radius 3 is 2.80 bits per heavy atom. The first-order valence-corrected chi connectivity index (χ1v) is 5.09. The fourth-order valence-electron chi connectivity index (χ4n) is 1.59. The summed E-state index contributed by atoms with van der Waals surface area (Å²) in [4.78, 5) is 8.02. The molecule has 15 heavy (non-hydrogen) atoms. The van der Waals surface area contributed by atoms with E-state index in [4.69, 9.17) is 15.2 Å². The van der Waals surface area contributed by atoms with Crippen LogP contribution in [0.1, 0.15) is 18.5 Å². The van der Waals surface area contributed by atoms with E-state index in [1.807, 2.05) is 6.92 Å². The van der Waals surface area contributed by atoms with Crippen LogP contribution in [0.25, 0.3) is 0 Å². The average Bonchev–Trinajstić information content (AvgIpc) is 2.17. The third-order valence-corrected chi connectivity index (χ3v) is 2.30. The van der Waals surface area contributed by atoms with Crippen molar-refractivity contribution in [2.24, 2.45) is 0 Å². The van der Waals surface area contributed by atoms with Crippen LogP contribution in [0.15, 0.2) is 6.07 Å². The molecular formula is C10H15N3O2. The lowest BCUT2D eigenvalue weighted by Gasteiger charge is -2.22. The number of hydrogen-bond acceptors (Lipinski definition) is 5. The number of aromatic nitrogens is 2. The second-order valence-electron chi connectivity index (χ2n) is 3.64. The first kappa shape index (κ1) is 10.2. The van der Waals surface area contributed by atoms with Gasteiger partial charge in [-0.05, 0) is 6.92 Å². The number of hydrogen-bond donors (Lipinski definition) is 1. The van der Waals surface area contributed by atoms with E-state index in [0.717, 1.165) is 31.7 Å². The molecule has 5 nitrogen and oxygen atoms in total. The first-order chi connectivity index (χ1) is 7.24. The summed E-state index contributed by atoms with van der Waals surface area (Å²) >= 11 is 0. The van der Waals surface area contributed by atoms with Crippen molar-refractivity contribution < 1.29 is 9.47 Å². The molecule has 2 heterocycles. The molecule has 82 valence electrons. The molecule has 0 amide bonds. The predicted molar refractivity (Wildman–Crippen MR) is 55.7 cm³/mol. The molecule has 0 spiro atoms. The zero-order valence-electron chi connectivity index (χ0n) is 8.77. The summed E-state index contributed by atoms with van der Waals surface area (Å²) in [6, 6.07) is 1.80. The normalized spacial score (nSPS) is 17.7. The molecule has 1 aromatic heterocycles. The van der Waals surface area contributed by atoms with Gasteiger partial charge in [-0.1, -0.05) is 0 Å². The van der Waals surface area contributed by atoms with Crippen LogP contribution in [0.5, 0.6) is 5.88 Å². The summed E-state index contributed by atoms with van der Waals surface area (Å²) in [7, 11) is 0. The Hall–Kier alpha value is -1.36. The van der Waals surface area contributed by atoms with Gasteiger partial charge in [-0.25, -0.2) is 4.98 Å². The van der Waals surface area contributed by atoms with E-state index in [9.17, 15) is 0 Å². The van der Waals surface area contributed by atoms with E-state index in [-0.39, 0.29) is 12.1 Å². The van der Waals surface area contributed by atoms with Gasteiger partial charge in [-0.3, -0.25) is 0 Å². The van der Waals surface area contributed by atoms with Gasteiger partial charge in [0, 0.05) is 24.6 Å². The molecule has 0 bridgehead atoms. The number of nitrogen functional groups attached to an aromatic ring is 1. The van der Waals surface area contributed by atoms with Crippen molar-refractivity contribution in [3.63, 3.8) is 0 Å². The zero-order valence-corrected chi connectivity index (χ0v) is 8.77. The maximum atomic E-state index is 5.71. The van der Waals surface area contributed by atoms with Crippen molar-refractivity contribution in [3.05, 3.63) is 11.8 Å². The molecule has 1 saturated heterocycles. The maximum absolute atomic E-state index is 5.71. The molecule has 1 aliphatic rings. The van der Waals surface area contributed by atoms with Crippen LogP contribution < -0.4 is 10.5 Å². The lowest BCUT2D eigenvalue weighted by molar-refractivity contribution is 0.0237. The second-order valence-corrected chi connectivity index (χ2v) is 3.64. The third kappa shape index (κ3) is 2.79. The molecule has 0 aliphatic carbocycles. The molecule has 1 fully saturated rings. The van der Waals surface area contributed by atoms with Crippen molar-refractivity contribution in [2.45, 2.75) is 25.9 Å². The van der Waals surface area contributed by atoms with Gasteiger partial charge < -0.3 is 15.2 Å². The fraction of sp³-hybridized carbons (Fsp3) is 0.600. The van der Waals surface area contributed by atoms with Crippen LogP contribution in [0.2, 0.25) is 0 Å². The largest absolute Gasteiger partial charge is 0.474 e. The standard InChI is InChI=1S/C10H15N3O2/c1-7-6-9(13-10(11)12-7)15-8-2-4-14-5-3-8/h6,8H,2-5H2,1H3,(H2,11,12,13). The molecular weight excluding hydrogens is 194 g/mol. The summed E-state index contributed by atoms with van der Waals surface area (Å²) in [5, 5.41) is 0. The van der Waals surface area contributed by atoms with Gasteiger partial charge in [0.25, 0.3) is 0 Å². The molecule has 1 aliphatic heterocycles. The molecule has 1 aromatic rings. The quantitative estimate of drug-likeness (QED) is 0.784. The van der Waals surface area contributed by atoms with E-state index in [0.29, 0.717) is 5.88 Å². The summed E-state index contributed by atoms with van der Waals surface area (Å²) < 4.78 is 11.0. The van der Waals surface area contributed by atoms with Crippen molar-refractivity contribution >= 4 is 5.95 Å². The summed E-state index contributed by atoms with van der Waals surface area (Å²) in [6.45, 7) is 3.38. The van der Waals surface area contributed by atoms with Gasteiger partial charge >= 0.3 is 0 Å². The molecule has 0 unspecified atom stereocenters. The molecule has 0 aromatic carbocycles. The fourth-order valence-corrected chi connectivity index (χ4v) is 1.59. The SMILES string of the molecule is Cc1cc(OC2CCOCC2)nc(N)n1. The van der Waals surface area contributed by atoms with E-state index in [1.54, 1.807) is 6.07 Å². The minimum Gasteiger partial charge on any atom is -0.474 e. The van der Waals surface area contributed by atoms with Crippen LogP contribution in [0.4, 0.5) is 5.95 Å². The molecule has 0 saturated carbocycles. The number of nitrogens with zero attached hydrogens (tertiary/aromatic N) is 2. The highest BCUT2D eigenvalue weighted by atomic mass is 16.5. The Labute approximate surface area is 88.6 Å². The lowest BCUT2D eigenvalue weighted by Crippen LogP contribution is -2.26. The van der Waals surface area contributed by atoms with Gasteiger partial charge in [0.2, 0.25) is 11.8 Å². The van der Waals surface area contributed by atoms with E-state index >= 15 is 0 Å². The maximum Gasteiger partial charge on any atom is 0.223 e. The van der Waals surface area contributed by atoms with E-state index in [1.165, 1.54) is 0 Å². The number of rotatable bonds is 2. The van der Waals surface area contributed by atoms with Crippen LogP contribution >= 0.6 is 0 Å². The van der Waals surface area contributed by atoms with Crippen molar-refractivity contribution in [2.75, 3.05) is 18.9 Å². The highest BCUT2D eigenvalue weighted by Crippen LogP contribution is 2.16. The molecule has 0 radical (unpaired) electrons. The Kier molecular flexibility index (Phi) is 3.01. The second kappa shape index (κ2) is 4.44. The van der Waals surface area contributed by atoms with Crippen LogP contribution in [0.3, 0.4) is 0 Å². The number of anilines is 1. The lowest BCUT2D eigenvalue weighted by atomic mass is 10.1. The summed E-state index contributed by atoms with van der Waals surface area (Å²) in [5.41, 5.74) is 6.36. The zero-order chi connectivity index (χ0) is 10.7. The average molecular weight is 209 g/mol. The first-order valence-electron chi connectivity index (χ1n) is 5.09. The van der Waals surface area contributed by atoms with Gasteiger partial charge in [0.15, 0.2) is 0 Å². The Morgan fingerprint density at radius 1 is 1.40 bits per heavy atom. The van der Waals surface area contributed by atoms with Crippen LogP contribution in [-0.4, -0.2) is 29.3 Å². The third-order valence-electron chi connectivity index (χ3n) is 2.30. The van der Waals surface area contributed by atoms with Gasteiger partial charge in [0.05, 0.1) is 13.2 Å². The van der Waals surface area contributed by atoms with Gasteiger partial charge in [-0.2, -0.15) is 4.98 Å². The Morgan fingerprint density at radius 2 is 2.13 bits per heavy atom. The van der Waals surface area contributed by atoms with Crippen LogP contribution in [0, 0.1) is 6.92 Å². The summed E-state index contributed by atoms with van der Waals surface area (Å²) in [6.07, 6.45) is 2.00. The topological polar surface area (TPSA) is 70.3 Å². The molecule has 2 rings (SSSR count). The number of nitrogens with two attached hydrogens (primary N) is 1. The van der Waals surface area contributed by atoms with E-state index < -0.39 is 0 Å². The molecule has 5 heteroatoms. The highest BCUT2D eigenvalue weighted by molar-refractivity contribution is 5.25.